The number of fused-ring (bicyclic) bond motifs is 2. The first-order chi connectivity index (χ1) is 13.2. The Morgan fingerprint density at radius 3 is 2.70 bits per heavy atom. The predicted molar refractivity (Wildman–Crippen MR) is 116 cm³/mol. The number of benzene rings is 3. The van der Waals surface area contributed by atoms with Crippen molar-refractivity contribution in [1.29, 1.82) is 0 Å². The van der Waals surface area contributed by atoms with Crippen LogP contribution in [-0.4, -0.2) is 16.6 Å². The molecular weight excluding hydrogens is 372 g/mol. The van der Waals surface area contributed by atoms with Crippen molar-refractivity contribution in [2.75, 3.05) is 5.75 Å². The number of nitrogens with zero attached hydrogens (tertiary/aromatic N) is 1. The molecule has 3 aromatic carbocycles. The first-order valence-electron chi connectivity index (χ1n) is 8.89. The van der Waals surface area contributed by atoms with E-state index in [2.05, 4.69) is 46.7 Å². The summed E-state index contributed by atoms with van der Waals surface area (Å²) in [6, 6.07) is 22.7. The highest BCUT2D eigenvalue weighted by atomic mass is 32.2. The molecule has 0 fully saturated rings. The highest BCUT2D eigenvalue weighted by molar-refractivity contribution is 7.99. The molecule has 1 heterocycles. The van der Waals surface area contributed by atoms with E-state index in [1.807, 2.05) is 37.3 Å². The van der Waals surface area contributed by atoms with Crippen molar-refractivity contribution in [1.82, 2.24) is 10.3 Å². The number of aromatic nitrogens is 1. The topological polar surface area (TPSA) is 42.0 Å². The molecule has 0 spiro atoms. The van der Waals surface area contributed by atoms with Gasteiger partial charge in [-0.2, -0.15) is 0 Å². The number of hydrogen-bond donors (Lipinski definition) is 1. The zero-order valence-electron chi connectivity index (χ0n) is 15.0. The zero-order valence-corrected chi connectivity index (χ0v) is 16.6. The van der Waals surface area contributed by atoms with Gasteiger partial charge in [0.1, 0.15) is 5.01 Å². The van der Waals surface area contributed by atoms with Crippen LogP contribution in [0.2, 0.25) is 0 Å². The molecule has 0 saturated carbocycles. The number of thioether (sulfide) groups is 1. The fourth-order valence-corrected chi connectivity index (χ4v) is 4.91. The number of nitrogens with one attached hydrogen (secondary N) is 1. The Hall–Kier alpha value is -2.37. The molecule has 3 nitrogen and oxygen atoms in total. The van der Waals surface area contributed by atoms with E-state index in [9.17, 15) is 4.79 Å². The summed E-state index contributed by atoms with van der Waals surface area (Å²) >= 11 is 3.30. The van der Waals surface area contributed by atoms with Gasteiger partial charge >= 0.3 is 0 Å². The van der Waals surface area contributed by atoms with E-state index in [1.165, 1.54) is 15.5 Å². The lowest BCUT2D eigenvalue weighted by atomic mass is 10.0. The van der Waals surface area contributed by atoms with Crippen LogP contribution in [0.15, 0.2) is 66.7 Å². The van der Waals surface area contributed by atoms with Crippen LogP contribution in [0.25, 0.3) is 21.0 Å². The van der Waals surface area contributed by atoms with E-state index < -0.39 is 0 Å². The molecule has 5 heteroatoms. The largest absolute Gasteiger partial charge is 0.349 e. The maximum atomic E-state index is 12.3. The van der Waals surface area contributed by atoms with Gasteiger partial charge < -0.3 is 5.32 Å². The monoisotopic (exact) mass is 392 g/mol. The Bertz CT molecular complexity index is 1060. The maximum absolute atomic E-state index is 12.3. The summed E-state index contributed by atoms with van der Waals surface area (Å²) < 4.78 is 1.20. The first-order valence-corrected chi connectivity index (χ1v) is 10.9. The minimum absolute atomic E-state index is 0.00911. The Labute approximate surface area is 166 Å². The Balaban J connectivity index is 1.31. The Morgan fingerprint density at radius 2 is 1.85 bits per heavy atom. The van der Waals surface area contributed by atoms with Gasteiger partial charge in [-0.3, -0.25) is 4.79 Å². The maximum Gasteiger partial charge on any atom is 0.230 e. The van der Waals surface area contributed by atoms with Crippen molar-refractivity contribution >= 4 is 50.0 Å². The van der Waals surface area contributed by atoms with E-state index in [0.29, 0.717) is 5.75 Å². The minimum Gasteiger partial charge on any atom is -0.349 e. The van der Waals surface area contributed by atoms with E-state index in [1.54, 1.807) is 23.1 Å². The molecule has 0 bridgehead atoms. The molecule has 1 N–H and O–H groups in total. The van der Waals surface area contributed by atoms with E-state index in [4.69, 9.17) is 0 Å². The number of para-hydroxylation sites is 1. The molecule has 136 valence electrons. The Kier molecular flexibility index (Phi) is 5.41. The Morgan fingerprint density at radius 1 is 1.07 bits per heavy atom. The fourth-order valence-electron chi connectivity index (χ4n) is 3.06. The smallest absolute Gasteiger partial charge is 0.230 e. The average molecular weight is 393 g/mol. The summed E-state index contributed by atoms with van der Waals surface area (Å²) in [6.07, 6.45) is 0. The molecule has 0 saturated heterocycles. The van der Waals surface area contributed by atoms with Crippen LogP contribution < -0.4 is 5.32 Å². The summed E-state index contributed by atoms with van der Waals surface area (Å²) in [7, 11) is 0. The van der Waals surface area contributed by atoms with Gasteiger partial charge in [-0.05, 0) is 41.5 Å². The quantitative estimate of drug-likeness (QED) is 0.467. The van der Waals surface area contributed by atoms with Gasteiger partial charge in [0.15, 0.2) is 0 Å². The number of rotatable bonds is 6. The van der Waals surface area contributed by atoms with Crippen molar-refractivity contribution in [3.63, 3.8) is 0 Å². The van der Waals surface area contributed by atoms with Gasteiger partial charge in [-0.15, -0.1) is 23.1 Å². The van der Waals surface area contributed by atoms with Gasteiger partial charge in [0.25, 0.3) is 0 Å². The zero-order chi connectivity index (χ0) is 18.6. The lowest BCUT2D eigenvalue weighted by Gasteiger charge is -2.15. The third-order valence-electron chi connectivity index (χ3n) is 4.45. The second-order valence-corrected chi connectivity index (χ2v) is 8.56. The third-order valence-corrected chi connectivity index (χ3v) is 6.61. The van der Waals surface area contributed by atoms with Gasteiger partial charge in [0, 0.05) is 5.75 Å². The molecule has 1 atom stereocenters. The van der Waals surface area contributed by atoms with Crippen molar-refractivity contribution in [3.8, 4) is 0 Å². The summed E-state index contributed by atoms with van der Waals surface area (Å²) in [4.78, 5) is 16.9. The van der Waals surface area contributed by atoms with Gasteiger partial charge in [-0.25, -0.2) is 4.98 Å². The highest BCUT2D eigenvalue weighted by Gasteiger charge is 2.11. The standard InChI is InChI=1S/C22H20N2OS2/c1-15(17-11-10-16-6-2-3-7-18(16)12-17)23-21(25)13-26-14-22-24-19-8-4-5-9-20(19)27-22/h2-12,15H,13-14H2,1H3,(H,23,25). The van der Waals surface area contributed by atoms with E-state index in [0.717, 1.165) is 21.8 Å². The molecule has 0 aliphatic carbocycles. The van der Waals surface area contributed by atoms with Crippen LogP contribution in [0.1, 0.15) is 23.5 Å². The van der Waals surface area contributed by atoms with Crippen LogP contribution >= 0.6 is 23.1 Å². The number of carbonyl (C=O) groups is 1. The van der Waals surface area contributed by atoms with Gasteiger partial charge in [-0.1, -0.05) is 48.5 Å². The highest BCUT2D eigenvalue weighted by Crippen LogP contribution is 2.25. The molecular formula is C22H20N2OS2. The molecule has 4 rings (SSSR count). The number of hydrogen-bond acceptors (Lipinski definition) is 4. The second kappa shape index (κ2) is 8.11. The van der Waals surface area contributed by atoms with Crippen LogP contribution in [0.4, 0.5) is 0 Å². The summed E-state index contributed by atoms with van der Waals surface area (Å²) in [5.41, 5.74) is 2.16. The average Bonchev–Trinajstić information content (AvgIpc) is 3.10. The molecule has 0 aliphatic rings. The van der Waals surface area contributed by atoms with Crippen molar-refractivity contribution in [2.24, 2.45) is 0 Å². The minimum atomic E-state index is -0.00911. The van der Waals surface area contributed by atoms with Crippen molar-refractivity contribution < 1.29 is 4.79 Å². The van der Waals surface area contributed by atoms with Gasteiger partial charge in [0.05, 0.1) is 22.0 Å². The fraction of sp³-hybridized carbons (Fsp3) is 0.182. The van der Waals surface area contributed by atoms with Crippen LogP contribution in [-0.2, 0) is 10.5 Å². The van der Waals surface area contributed by atoms with Gasteiger partial charge in [0.2, 0.25) is 5.91 Å². The lowest BCUT2D eigenvalue weighted by Crippen LogP contribution is -2.28. The molecule has 1 amide bonds. The molecule has 0 aliphatic heterocycles. The van der Waals surface area contributed by atoms with Crippen LogP contribution in [0, 0.1) is 0 Å². The summed E-state index contributed by atoms with van der Waals surface area (Å²) in [5.74, 6) is 1.26. The molecule has 0 radical (unpaired) electrons. The van der Waals surface area contributed by atoms with Crippen molar-refractivity contribution in [3.05, 3.63) is 77.3 Å². The van der Waals surface area contributed by atoms with E-state index in [-0.39, 0.29) is 11.9 Å². The third kappa shape index (κ3) is 4.31. The second-order valence-electron chi connectivity index (χ2n) is 6.46. The van der Waals surface area contributed by atoms with Crippen LogP contribution in [0.5, 0.6) is 0 Å². The number of thiazole rings is 1. The summed E-state index contributed by atoms with van der Waals surface area (Å²) in [6.45, 7) is 2.03. The van der Waals surface area contributed by atoms with Crippen LogP contribution in [0.3, 0.4) is 0 Å². The molecule has 1 unspecified atom stereocenters. The molecule has 27 heavy (non-hydrogen) atoms. The first kappa shape index (κ1) is 18.0. The summed E-state index contributed by atoms with van der Waals surface area (Å²) in [5, 5.41) is 6.57. The van der Waals surface area contributed by atoms with Crippen molar-refractivity contribution in [2.45, 2.75) is 18.7 Å². The number of amides is 1. The van der Waals surface area contributed by atoms with E-state index >= 15 is 0 Å². The molecule has 1 aromatic heterocycles. The normalized spacial score (nSPS) is 12.3. The number of carbonyl (C=O) groups excluding carboxylic acids is 1. The SMILES string of the molecule is CC(NC(=O)CSCc1nc2ccccc2s1)c1ccc2ccccc2c1. The molecule has 4 aromatic rings. The predicted octanol–water partition coefficient (Wildman–Crippen LogP) is 5.56. The lowest BCUT2D eigenvalue weighted by molar-refractivity contribution is -0.119.